The van der Waals surface area contributed by atoms with Crippen molar-refractivity contribution >= 4 is 40.6 Å². The molecule has 0 bridgehead atoms. The molecule has 1 atom stereocenters. The van der Waals surface area contributed by atoms with Crippen LogP contribution in [0, 0.1) is 0 Å². The number of carbonyl (C=O) groups excluding carboxylic acids is 1. The fourth-order valence-corrected chi connectivity index (χ4v) is 4.16. The lowest BCUT2D eigenvalue weighted by molar-refractivity contribution is -0.275. The second-order valence-corrected chi connectivity index (χ2v) is 8.87. The number of rotatable bonds is 5. The predicted octanol–water partition coefficient (Wildman–Crippen LogP) is 4.29. The number of aromatic nitrogens is 5. The number of carbonyl (C=O) groups is 1. The van der Waals surface area contributed by atoms with Gasteiger partial charge in [0.05, 0.1) is 12.1 Å². The molecule has 1 aliphatic heterocycles. The molecule has 1 aliphatic rings. The van der Waals surface area contributed by atoms with Gasteiger partial charge < -0.3 is 20.8 Å². The van der Waals surface area contributed by atoms with Crippen molar-refractivity contribution in [2.75, 3.05) is 22.9 Å². The van der Waals surface area contributed by atoms with E-state index in [1.807, 2.05) is 5.32 Å². The van der Waals surface area contributed by atoms with E-state index in [0.29, 0.717) is 16.1 Å². The van der Waals surface area contributed by atoms with Crippen molar-refractivity contribution in [3.05, 3.63) is 59.0 Å². The number of benzene rings is 1. The van der Waals surface area contributed by atoms with Crippen molar-refractivity contribution in [2.24, 2.45) is 0 Å². The van der Waals surface area contributed by atoms with Gasteiger partial charge in [-0.25, -0.2) is 19.9 Å². The maximum absolute atomic E-state index is 13.5. The minimum absolute atomic E-state index is 0.000488. The van der Waals surface area contributed by atoms with Gasteiger partial charge >= 0.3 is 12.1 Å². The molecular formula is C22H16ClF5N8O. The summed E-state index contributed by atoms with van der Waals surface area (Å²) >= 11 is 5.97. The standard InChI is InChI=1S/C22H16ClF5N8O/c1-20(10-2-4-11(23)5-3-10)13-14(29)33-15(34-16(13)35-19(20)37)12-8-36-7-6-30-18(36)17(32-12)31-9-21(24,25)22(26,27)28/h2-8H,9H2,1H3,(H,31,32)(H3,29,33,34,35,37). The minimum Gasteiger partial charge on any atom is -0.383 e. The first-order chi connectivity index (χ1) is 17.3. The predicted molar refractivity (Wildman–Crippen MR) is 124 cm³/mol. The number of halogens is 6. The molecule has 37 heavy (non-hydrogen) atoms. The van der Waals surface area contributed by atoms with Gasteiger partial charge in [0.1, 0.15) is 22.7 Å². The Bertz CT molecular complexity index is 1540. The van der Waals surface area contributed by atoms with Gasteiger partial charge in [-0.3, -0.25) is 4.79 Å². The first-order valence-corrected chi connectivity index (χ1v) is 11.0. The molecule has 3 aromatic heterocycles. The lowest BCUT2D eigenvalue weighted by Crippen LogP contribution is -2.42. The average Bonchev–Trinajstić information content (AvgIpc) is 3.40. The van der Waals surface area contributed by atoms with Gasteiger partial charge in [0, 0.05) is 23.6 Å². The number of hydrogen-bond donors (Lipinski definition) is 3. The molecule has 0 saturated carbocycles. The Morgan fingerprint density at radius 1 is 1.14 bits per heavy atom. The maximum Gasteiger partial charge on any atom is 0.455 e. The van der Waals surface area contributed by atoms with Gasteiger partial charge in [-0.05, 0) is 24.6 Å². The monoisotopic (exact) mass is 538 g/mol. The zero-order valence-corrected chi connectivity index (χ0v) is 19.5. The van der Waals surface area contributed by atoms with Crippen molar-refractivity contribution < 1.29 is 26.7 Å². The van der Waals surface area contributed by atoms with Gasteiger partial charge in [0.25, 0.3) is 0 Å². The summed E-state index contributed by atoms with van der Waals surface area (Å²) in [6.45, 7) is -0.117. The highest BCUT2D eigenvalue weighted by molar-refractivity contribution is 6.30. The Labute approximate surface area is 209 Å². The van der Waals surface area contributed by atoms with E-state index in [0.717, 1.165) is 0 Å². The number of nitrogens with zero attached hydrogens (tertiary/aromatic N) is 5. The highest BCUT2D eigenvalue weighted by Crippen LogP contribution is 2.45. The highest BCUT2D eigenvalue weighted by atomic mass is 35.5. The fourth-order valence-electron chi connectivity index (χ4n) is 4.03. The summed E-state index contributed by atoms with van der Waals surface area (Å²) in [5, 5.41) is 5.16. The fraction of sp³-hybridized carbons (Fsp3) is 0.227. The smallest absolute Gasteiger partial charge is 0.383 e. The quantitative estimate of drug-likeness (QED) is 0.324. The normalized spacial score (nSPS) is 17.6. The molecule has 1 unspecified atom stereocenters. The van der Waals surface area contributed by atoms with E-state index in [1.165, 1.54) is 23.0 Å². The molecule has 0 fully saturated rings. The molecule has 0 spiro atoms. The summed E-state index contributed by atoms with van der Waals surface area (Å²) in [7, 11) is 0. The van der Waals surface area contributed by atoms with Crippen LogP contribution in [-0.2, 0) is 10.2 Å². The lowest BCUT2D eigenvalue weighted by atomic mass is 9.78. The van der Waals surface area contributed by atoms with Crippen molar-refractivity contribution in [3.63, 3.8) is 0 Å². The molecule has 15 heteroatoms. The van der Waals surface area contributed by atoms with E-state index in [1.54, 1.807) is 31.2 Å². The minimum atomic E-state index is -5.75. The van der Waals surface area contributed by atoms with Crippen LogP contribution in [0.15, 0.2) is 42.9 Å². The number of amides is 1. The molecule has 4 N–H and O–H groups in total. The first kappa shape index (κ1) is 24.6. The van der Waals surface area contributed by atoms with Crippen LogP contribution in [0.5, 0.6) is 0 Å². The first-order valence-electron chi connectivity index (χ1n) is 10.6. The van der Waals surface area contributed by atoms with Gasteiger partial charge in [-0.15, -0.1) is 0 Å². The van der Waals surface area contributed by atoms with Crippen LogP contribution >= 0.6 is 11.6 Å². The van der Waals surface area contributed by atoms with Crippen molar-refractivity contribution in [1.29, 1.82) is 0 Å². The van der Waals surface area contributed by atoms with Crippen LogP contribution in [0.1, 0.15) is 18.1 Å². The SMILES string of the molecule is CC1(c2ccc(Cl)cc2)C(=O)Nc2nc(-c3cn4ccnc4c(NCC(F)(F)C(F)(F)F)n3)nc(N)c21. The van der Waals surface area contributed by atoms with Crippen LogP contribution < -0.4 is 16.4 Å². The highest BCUT2D eigenvalue weighted by Gasteiger charge is 2.57. The zero-order valence-electron chi connectivity index (χ0n) is 18.7. The van der Waals surface area contributed by atoms with E-state index >= 15 is 0 Å². The third-order valence-corrected chi connectivity index (χ3v) is 6.29. The molecule has 192 valence electrons. The van der Waals surface area contributed by atoms with Gasteiger partial charge in [-0.2, -0.15) is 22.0 Å². The van der Waals surface area contributed by atoms with Crippen LogP contribution in [0.3, 0.4) is 0 Å². The van der Waals surface area contributed by atoms with E-state index in [9.17, 15) is 26.7 Å². The Hall–Kier alpha value is -4.07. The maximum atomic E-state index is 13.5. The Kier molecular flexibility index (Phi) is 5.47. The van der Waals surface area contributed by atoms with Gasteiger partial charge in [0.2, 0.25) is 5.91 Å². The van der Waals surface area contributed by atoms with Crippen molar-refractivity contribution in [1.82, 2.24) is 24.3 Å². The molecule has 0 saturated heterocycles. The molecule has 0 radical (unpaired) electrons. The Morgan fingerprint density at radius 3 is 2.51 bits per heavy atom. The second-order valence-electron chi connectivity index (χ2n) is 8.43. The third-order valence-electron chi connectivity index (χ3n) is 6.04. The van der Waals surface area contributed by atoms with E-state index in [4.69, 9.17) is 17.3 Å². The van der Waals surface area contributed by atoms with E-state index < -0.39 is 30.0 Å². The van der Waals surface area contributed by atoms with Crippen LogP contribution in [0.4, 0.5) is 39.4 Å². The molecule has 5 rings (SSSR count). The summed E-state index contributed by atoms with van der Waals surface area (Å²) in [6, 6.07) is 6.60. The molecule has 1 amide bonds. The van der Waals surface area contributed by atoms with Crippen molar-refractivity contribution in [2.45, 2.75) is 24.4 Å². The Morgan fingerprint density at radius 2 is 1.84 bits per heavy atom. The topological polar surface area (TPSA) is 123 Å². The number of alkyl halides is 5. The van der Waals surface area contributed by atoms with Crippen LogP contribution in [0.2, 0.25) is 5.02 Å². The summed E-state index contributed by atoms with van der Waals surface area (Å²) in [5.41, 5.74) is 5.90. The van der Waals surface area contributed by atoms with Gasteiger partial charge in [-0.1, -0.05) is 23.7 Å². The average molecular weight is 539 g/mol. The zero-order chi connectivity index (χ0) is 26.8. The molecule has 0 aliphatic carbocycles. The largest absolute Gasteiger partial charge is 0.455 e. The lowest BCUT2D eigenvalue weighted by Gasteiger charge is -2.23. The molecule has 9 nitrogen and oxygen atoms in total. The number of nitrogens with one attached hydrogen (secondary N) is 2. The van der Waals surface area contributed by atoms with Crippen molar-refractivity contribution in [3.8, 4) is 11.5 Å². The van der Waals surface area contributed by atoms with E-state index in [2.05, 4.69) is 25.3 Å². The molecule has 4 aromatic rings. The number of fused-ring (bicyclic) bond motifs is 2. The third kappa shape index (κ3) is 3.97. The number of nitrogen functional groups attached to an aromatic ring is 1. The second kappa shape index (κ2) is 8.23. The number of hydrogen-bond acceptors (Lipinski definition) is 7. The summed E-state index contributed by atoms with van der Waals surface area (Å²) in [6.07, 6.45) is -1.62. The molecular weight excluding hydrogens is 523 g/mol. The van der Waals surface area contributed by atoms with Gasteiger partial charge in [0.15, 0.2) is 17.3 Å². The van der Waals surface area contributed by atoms with Crippen LogP contribution in [-0.4, -0.2) is 48.9 Å². The number of nitrogens with two attached hydrogens (primary N) is 1. The van der Waals surface area contributed by atoms with Crippen LogP contribution in [0.25, 0.3) is 17.2 Å². The Balaban J connectivity index is 1.57. The molecule has 4 heterocycles. The summed E-state index contributed by atoms with van der Waals surface area (Å²) in [4.78, 5) is 29.7. The summed E-state index contributed by atoms with van der Waals surface area (Å²) in [5.74, 6) is -5.84. The number of imidazole rings is 1. The van der Waals surface area contributed by atoms with E-state index in [-0.39, 0.29) is 34.6 Å². The molecule has 1 aromatic carbocycles. The summed E-state index contributed by atoms with van der Waals surface area (Å²) < 4.78 is 66.3. The number of anilines is 3.